The van der Waals surface area contributed by atoms with E-state index in [1.165, 1.54) is 0 Å². The molecule has 0 radical (unpaired) electrons. The highest BCUT2D eigenvalue weighted by atomic mass is 32.2. The molecule has 4 aromatic rings. The van der Waals surface area contributed by atoms with Crippen molar-refractivity contribution < 1.29 is 19.7 Å². The number of aromatic hydroxyl groups is 2. The molecule has 0 aliphatic heterocycles. The van der Waals surface area contributed by atoms with Gasteiger partial charge in [0.2, 0.25) is 0 Å². The molecule has 0 aliphatic rings. The van der Waals surface area contributed by atoms with E-state index in [0.29, 0.717) is 0 Å². The van der Waals surface area contributed by atoms with Crippen LogP contribution in [-0.4, -0.2) is 21.7 Å². The second-order valence-corrected chi connectivity index (χ2v) is 9.37. The number of thioether (sulfide) groups is 1. The van der Waals surface area contributed by atoms with E-state index in [4.69, 9.17) is 9.47 Å². The second kappa shape index (κ2) is 12.8. The maximum Gasteiger partial charge on any atom is 0.128 e. The quantitative estimate of drug-likeness (QED) is 0.202. The minimum absolute atomic E-state index is 0.245. The van der Waals surface area contributed by atoms with Gasteiger partial charge in [0.15, 0.2) is 0 Å². The number of hydrogen-bond donors (Lipinski definition) is 2. The van der Waals surface area contributed by atoms with E-state index < -0.39 is 0 Å². The number of rotatable bonds is 12. The summed E-state index contributed by atoms with van der Waals surface area (Å²) >= 11 is 1.81. The van der Waals surface area contributed by atoms with Crippen molar-refractivity contribution in [2.24, 2.45) is 0 Å². The monoisotopic (exact) mass is 486 g/mol. The Balaban J connectivity index is 1.37. The van der Waals surface area contributed by atoms with Crippen molar-refractivity contribution in [2.45, 2.75) is 25.0 Å². The highest BCUT2D eigenvalue weighted by Crippen LogP contribution is 2.34. The lowest BCUT2D eigenvalue weighted by atomic mass is 10.1. The average molecular weight is 487 g/mol. The standard InChI is InChI=1S/C30H30O4S/c31-27-17-9-7-15-25(27)29(33-23-11-3-1-4-12-23)19-21-35-22-20-30(26-16-8-10-18-28(26)32)34-24-13-5-2-6-14-24/h1-18,29-32H,19-22H2. The van der Waals surface area contributed by atoms with E-state index in [9.17, 15) is 10.2 Å². The first-order valence-electron chi connectivity index (χ1n) is 11.8. The summed E-state index contributed by atoms with van der Waals surface area (Å²) in [5.74, 6) is 3.75. The number of phenols is 2. The average Bonchev–Trinajstić information content (AvgIpc) is 2.89. The maximum atomic E-state index is 10.4. The van der Waals surface area contributed by atoms with Gasteiger partial charge in [-0.3, -0.25) is 0 Å². The van der Waals surface area contributed by atoms with Crippen LogP contribution in [0, 0.1) is 0 Å². The molecule has 2 N–H and O–H groups in total. The van der Waals surface area contributed by atoms with E-state index in [-0.39, 0.29) is 23.7 Å². The van der Waals surface area contributed by atoms with Gasteiger partial charge < -0.3 is 19.7 Å². The highest BCUT2D eigenvalue weighted by molar-refractivity contribution is 7.99. The summed E-state index contributed by atoms with van der Waals surface area (Å²) in [6, 6.07) is 34.1. The first-order valence-corrected chi connectivity index (χ1v) is 12.9. The van der Waals surface area contributed by atoms with Gasteiger partial charge in [-0.15, -0.1) is 0 Å². The molecule has 4 rings (SSSR count). The lowest BCUT2D eigenvalue weighted by Gasteiger charge is -2.22. The van der Waals surface area contributed by atoms with Crippen LogP contribution in [0.2, 0.25) is 0 Å². The summed E-state index contributed by atoms with van der Waals surface area (Å²) in [6.45, 7) is 0. The van der Waals surface area contributed by atoms with E-state index in [1.807, 2.05) is 109 Å². The lowest BCUT2D eigenvalue weighted by Crippen LogP contribution is -2.11. The second-order valence-electron chi connectivity index (χ2n) is 8.15. The van der Waals surface area contributed by atoms with Crippen LogP contribution in [0.5, 0.6) is 23.0 Å². The summed E-state index contributed by atoms with van der Waals surface area (Å²) in [7, 11) is 0. The topological polar surface area (TPSA) is 58.9 Å². The number of hydrogen-bond acceptors (Lipinski definition) is 5. The van der Waals surface area contributed by atoms with Gasteiger partial charge in [-0.2, -0.15) is 11.8 Å². The van der Waals surface area contributed by atoms with Crippen LogP contribution in [0.15, 0.2) is 109 Å². The fourth-order valence-electron chi connectivity index (χ4n) is 3.88. The van der Waals surface area contributed by atoms with Crippen molar-refractivity contribution in [3.05, 3.63) is 120 Å². The van der Waals surface area contributed by atoms with E-state index in [1.54, 1.807) is 12.1 Å². The van der Waals surface area contributed by atoms with Crippen molar-refractivity contribution >= 4 is 11.8 Å². The van der Waals surface area contributed by atoms with Gasteiger partial charge in [0.25, 0.3) is 0 Å². The Labute approximate surface area is 211 Å². The molecule has 0 heterocycles. The Morgan fingerprint density at radius 2 is 0.886 bits per heavy atom. The third kappa shape index (κ3) is 7.20. The summed E-state index contributed by atoms with van der Waals surface area (Å²) in [5, 5.41) is 20.8. The van der Waals surface area contributed by atoms with Crippen molar-refractivity contribution in [1.29, 1.82) is 0 Å². The molecule has 0 saturated heterocycles. The van der Waals surface area contributed by atoms with Gasteiger partial charge in [0, 0.05) is 11.1 Å². The number of phenolic OH excluding ortho intramolecular Hbond substituents is 2. The molecule has 0 amide bonds. The van der Waals surface area contributed by atoms with E-state index in [0.717, 1.165) is 47.0 Å². The van der Waals surface area contributed by atoms with E-state index >= 15 is 0 Å². The molecule has 0 aliphatic carbocycles. The lowest BCUT2D eigenvalue weighted by molar-refractivity contribution is 0.197. The summed E-state index contributed by atoms with van der Waals surface area (Å²) < 4.78 is 12.5. The molecule has 4 nitrogen and oxygen atoms in total. The molecule has 35 heavy (non-hydrogen) atoms. The molecule has 180 valence electrons. The van der Waals surface area contributed by atoms with Crippen molar-refractivity contribution in [3.63, 3.8) is 0 Å². The Morgan fingerprint density at radius 3 is 1.29 bits per heavy atom. The SMILES string of the molecule is Oc1ccccc1C(CCSCCC(Oc1ccccc1)c1ccccc1O)Oc1ccccc1. The number of benzene rings is 4. The van der Waals surface area contributed by atoms with Crippen LogP contribution in [0.4, 0.5) is 0 Å². The fourth-order valence-corrected chi connectivity index (χ4v) is 4.85. The largest absolute Gasteiger partial charge is 0.508 e. The first-order chi connectivity index (χ1) is 17.2. The summed E-state index contributed by atoms with van der Waals surface area (Å²) in [4.78, 5) is 0. The molecule has 0 aromatic heterocycles. The van der Waals surface area contributed by atoms with Gasteiger partial charge in [0.05, 0.1) is 0 Å². The molecule has 0 saturated carbocycles. The van der Waals surface area contributed by atoms with Gasteiger partial charge in [0.1, 0.15) is 35.2 Å². The van der Waals surface area contributed by atoms with Crippen LogP contribution in [-0.2, 0) is 0 Å². The minimum atomic E-state index is -0.249. The summed E-state index contributed by atoms with van der Waals surface area (Å²) in [5.41, 5.74) is 1.58. The predicted molar refractivity (Wildman–Crippen MR) is 142 cm³/mol. The van der Waals surface area contributed by atoms with Gasteiger partial charge in [-0.1, -0.05) is 72.8 Å². The van der Waals surface area contributed by atoms with Crippen LogP contribution < -0.4 is 9.47 Å². The Hall–Kier alpha value is -3.57. The van der Waals surface area contributed by atoms with Crippen LogP contribution >= 0.6 is 11.8 Å². The first kappa shape index (κ1) is 24.6. The van der Waals surface area contributed by atoms with Crippen molar-refractivity contribution in [1.82, 2.24) is 0 Å². The normalized spacial score (nSPS) is 12.6. The van der Waals surface area contributed by atoms with Crippen molar-refractivity contribution in [2.75, 3.05) is 11.5 Å². The minimum Gasteiger partial charge on any atom is -0.508 e. The molecule has 2 unspecified atom stereocenters. The van der Waals surface area contributed by atoms with Crippen LogP contribution in [0.3, 0.4) is 0 Å². The molecular formula is C30H30O4S. The zero-order chi connectivity index (χ0) is 24.3. The molecule has 4 aromatic carbocycles. The Kier molecular flexibility index (Phi) is 8.96. The summed E-state index contributed by atoms with van der Waals surface area (Å²) in [6.07, 6.45) is 0.997. The molecule has 5 heteroatoms. The van der Waals surface area contributed by atoms with Crippen LogP contribution in [0.1, 0.15) is 36.2 Å². The van der Waals surface area contributed by atoms with Crippen molar-refractivity contribution in [3.8, 4) is 23.0 Å². The molecule has 0 fully saturated rings. The van der Waals surface area contributed by atoms with Gasteiger partial charge in [-0.25, -0.2) is 0 Å². The predicted octanol–water partition coefficient (Wildman–Crippen LogP) is 7.55. The van der Waals surface area contributed by atoms with Gasteiger partial charge >= 0.3 is 0 Å². The third-order valence-corrected chi connectivity index (χ3v) is 6.71. The maximum absolute atomic E-state index is 10.4. The molecule has 0 bridgehead atoms. The number of ether oxygens (including phenoxy) is 2. The molecule has 0 spiro atoms. The zero-order valence-corrected chi connectivity index (χ0v) is 20.3. The van der Waals surface area contributed by atoms with E-state index in [2.05, 4.69) is 0 Å². The Bertz CT molecular complexity index is 1070. The van der Waals surface area contributed by atoms with Gasteiger partial charge in [-0.05, 0) is 60.7 Å². The smallest absolute Gasteiger partial charge is 0.128 e. The number of para-hydroxylation sites is 4. The Morgan fingerprint density at radius 1 is 0.514 bits per heavy atom. The third-order valence-electron chi connectivity index (χ3n) is 5.66. The van der Waals surface area contributed by atoms with Crippen LogP contribution in [0.25, 0.3) is 0 Å². The molecular weight excluding hydrogens is 456 g/mol. The zero-order valence-electron chi connectivity index (χ0n) is 19.5. The highest BCUT2D eigenvalue weighted by Gasteiger charge is 2.19. The molecule has 2 atom stereocenters. The fraction of sp³-hybridized carbons (Fsp3) is 0.200.